The predicted octanol–water partition coefficient (Wildman–Crippen LogP) is 7.49. The van der Waals surface area contributed by atoms with E-state index in [1.54, 1.807) is 6.92 Å². The van der Waals surface area contributed by atoms with Gasteiger partial charge in [0.15, 0.2) is 0 Å². The summed E-state index contributed by atoms with van der Waals surface area (Å²) in [6.07, 6.45) is 1.83. The van der Waals surface area contributed by atoms with Crippen LogP contribution in [0.4, 0.5) is 5.69 Å². The molecule has 0 aliphatic carbocycles. The Bertz CT molecular complexity index is 1190. The fourth-order valence-electron chi connectivity index (χ4n) is 3.76. The van der Waals surface area contributed by atoms with E-state index < -0.39 is 5.97 Å². The molecule has 1 heterocycles. The zero-order valence-electron chi connectivity index (χ0n) is 21.8. The van der Waals surface area contributed by atoms with Crippen molar-refractivity contribution in [2.75, 3.05) is 6.61 Å². The number of benzene rings is 2. The van der Waals surface area contributed by atoms with Gasteiger partial charge in [-0.2, -0.15) is 0 Å². The smallest absolute Gasteiger partial charge is 0.344 e. The summed E-state index contributed by atoms with van der Waals surface area (Å²) in [5.74, 6) is -0.468. The molecule has 186 valence electrons. The molecular formula is C29H35NO4S. The first-order valence-corrected chi connectivity index (χ1v) is 12.6. The maximum atomic E-state index is 12.7. The van der Waals surface area contributed by atoms with Crippen LogP contribution in [0.25, 0.3) is 6.08 Å². The van der Waals surface area contributed by atoms with E-state index in [1.165, 1.54) is 11.8 Å². The highest BCUT2D eigenvalue weighted by Crippen LogP contribution is 2.43. The number of phenolic OH excluding ortho intramolecular Hbond substituents is 1. The van der Waals surface area contributed by atoms with Crippen LogP contribution in [0.5, 0.6) is 5.75 Å². The number of rotatable bonds is 4. The Hall–Kier alpha value is -2.99. The molecule has 0 unspecified atom stereocenters. The second kappa shape index (κ2) is 9.94. The average Bonchev–Trinajstić information content (AvgIpc) is 3.04. The summed E-state index contributed by atoms with van der Waals surface area (Å²) in [6.45, 7) is 16.2. The lowest BCUT2D eigenvalue weighted by Gasteiger charge is -2.28. The summed E-state index contributed by atoms with van der Waals surface area (Å²) >= 11 is 1.23. The number of hydrogen-bond acceptors (Lipinski definition) is 6. The van der Waals surface area contributed by atoms with E-state index in [-0.39, 0.29) is 28.8 Å². The lowest BCUT2D eigenvalue weighted by molar-refractivity contribution is -0.138. The van der Waals surface area contributed by atoms with Crippen molar-refractivity contribution in [1.82, 2.24) is 0 Å². The molecule has 0 atom stereocenters. The second-order valence-corrected chi connectivity index (χ2v) is 11.8. The monoisotopic (exact) mass is 493 g/mol. The minimum atomic E-state index is -0.608. The quantitative estimate of drug-likeness (QED) is 0.431. The molecule has 0 bridgehead atoms. The molecule has 0 amide bonds. The van der Waals surface area contributed by atoms with Gasteiger partial charge in [0.1, 0.15) is 22.1 Å². The van der Waals surface area contributed by atoms with Crippen LogP contribution >= 0.6 is 11.8 Å². The molecule has 2 aromatic carbocycles. The van der Waals surface area contributed by atoms with E-state index in [4.69, 9.17) is 4.74 Å². The Morgan fingerprint density at radius 2 is 1.54 bits per heavy atom. The van der Waals surface area contributed by atoms with Crippen molar-refractivity contribution in [1.29, 1.82) is 0 Å². The number of esters is 1. The summed E-state index contributed by atoms with van der Waals surface area (Å²) in [5, 5.41) is 22.5. The van der Waals surface area contributed by atoms with Crippen LogP contribution in [0, 0.1) is 6.92 Å². The summed E-state index contributed by atoms with van der Waals surface area (Å²) in [5.41, 5.74) is 3.75. The van der Waals surface area contributed by atoms with Gasteiger partial charge in [-0.1, -0.05) is 71.0 Å². The highest BCUT2D eigenvalue weighted by molar-refractivity contribution is 8.18. The molecule has 2 aromatic rings. The third kappa shape index (κ3) is 5.99. The number of nitrogens with zero attached hydrogens (tertiary/aromatic N) is 1. The van der Waals surface area contributed by atoms with Crippen LogP contribution in [0.15, 0.2) is 57.6 Å². The van der Waals surface area contributed by atoms with Crippen molar-refractivity contribution in [2.24, 2.45) is 4.99 Å². The normalized spacial score (nSPS) is 16.9. The standard InChI is InChI=1S/C29H35NO4S/c1-9-34-27(33)23-25(32)22(35-26(23)30-19-12-10-17(2)11-13-19)16-18-14-20(28(3,4)5)24(31)21(15-18)29(6,7)8/h10-16,31-32H,9H2,1-8H3/b22-16-,30-26?. The molecule has 0 aromatic heterocycles. The van der Waals surface area contributed by atoms with Gasteiger partial charge in [0, 0.05) is 11.1 Å². The van der Waals surface area contributed by atoms with E-state index >= 15 is 0 Å². The van der Waals surface area contributed by atoms with Crippen molar-refractivity contribution in [3.63, 3.8) is 0 Å². The van der Waals surface area contributed by atoms with Crippen LogP contribution in [0.2, 0.25) is 0 Å². The zero-order chi connectivity index (χ0) is 26.1. The number of aliphatic hydroxyl groups excluding tert-OH is 1. The van der Waals surface area contributed by atoms with Crippen molar-refractivity contribution in [2.45, 2.75) is 66.2 Å². The molecule has 1 aliphatic rings. The van der Waals surface area contributed by atoms with Gasteiger partial charge >= 0.3 is 5.97 Å². The van der Waals surface area contributed by atoms with Gasteiger partial charge in [-0.15, -0.1) is 0 Å². The Morgan fingerprint density at radius 3 is 2.03 bits per heavy atom. The SMILES string of the molecule is CCOC(=O)C1=C(O)/C(=C/c2cc(C(C)(C)C)c(O)c(C(C)(C)C)c2)SC1=Nc1ccc(C)cc1. The molecule has 35 heavy (non-hydrogen) atoms. The molecule has 5 nitrogen and oxygen atoms in total. The average molecular weight is 494 g/mol. The number of carbonyl (C=O) groups excluding carboxylic acids is 1. The van der Waals surface area contributed by atoms with Gasteiger partial charge < -0.3 is 14.9 Å². The number of aromatic hydroxyl groups is 1. The van der Waals surface area contributed by atoms with Gasteiger partial charge in [-0.25, -0.2) is 9.79 Å². The zero-order valence-corrected chi connectivity index (χ0v) is 22.6. The molecule has 0 saturated carbocycles. The molecule has 0 saturated heterocycles. The molecule has 3 rings (SSSR count). The number of aliphatic hydroxyl groups is 1. The highest BCUT2D eigenvalue weighted by atomic mass is 32.2. The Kier molecular flexibility index (Phi) is 7.56. The van der Waals surface area contributed by atoms with Gasteiger partial charge in [0.05, 0.1) is 17.2 Å². The maximum absolute atomic E-state index is 12.7. The summed E-state index contributed by atoms with van der Waals surface area (Å²) in [6, 6.07) is 11.5. The molecule has 0 radical (unpaired) electrons. The lowest BCUT2D eigenvalue weighted by atomic mass is 9.78. The van der Waals surface area contributed by atoms with Crippen LogP contribution in [-0.2, 0) is 20.4 Å². The summed E-state index contributed by atoms with van der Waals surface area (Å²) < 4.78 is 5.21. The number of aliphatic imine (C=N–C) groups is 1. The first-order chi connectivity index (χ1) is 16.2. The largest absolute Gasteiger partial charge is 0.507 e. The number of phenols is 1. The van der Waals surface area contributed by atoms with Gasteiger partial charge in [-0.3, -0.25) is 0 Å². The molecule has 0 spiro atoms. The number of thioether (sulfide) groups is 1. The molecular weight excluding hydrogens is 458 g/mol. The third-order valence-corrected chi connectivity index (χ3v) is 6.70. The maximum Gasteiger partial charge on any atom is 0.344 e. The van der Waals surface area contributed by atoms with E-state index in [9.17, 15) is 15.0 Å². The minimum absolute atomic E-state index is 0.0644. The number of hydrogen-bond donors (Lipinski definition) is 2. The van der Waals surface area contributed by atoms with Gasteiger partial charge in [0.25, 0.3) is 0 Å². The summed E-state index contributed by atoms with van der Waals surface area (Å²) in [7, 11) is 0. The first-order valence-electron chi connectivity index (χ1n) is 11.8. The third-order valence-electron chi connectivity index (χ3n) is 5.68. The Morgan fingerprint density at radius 1 is 1.00 bits per heavy atom. The van der Waals surface area contributed by atoms with E-state index in [1.807, 2.05) is 49.4 Å². The van der Waals surface area contributed by atoms with Gasteiger partial charge in [0.2, 0.25) is 0 Å². The highest BCUT2D eigenvalue weighted by Gasteiger charge is 2.34. The van der Waals surface area contributed by atoms with Crippen molar-refractivity contribution in [3.05, 3.63) is 74.9 Å². The topological polar surface area (TPSA) is 79.1 Å². The molecule has 6 heteroatoms. The van der Waals surface area contributed by atoms with Crippen LogP contribution in [-0.4, -0.2) is 27.8 Å². The molecule has 2 N–H and O–H groups in total. The lowest BCUT2D eigenvalue weighted by Crippen LogP contribution is -2.17. The Balaban J connectivity index is 2.17. The molecule has 1 aliphatic heterocycles. The fraction of sp³-hybridized carbons (Fsp3) is 0.379. The first kappa shape index (κ1) is 26.6. The van der Waals surface area contributed by atoms with E-state index in [0.29, 0.717) is 21.4 Å². The van der Waals surface area contributed by atoms with Crippen LogP contribution in [0.1, 0.15) is 70.7 Å². The van der Waals surface area contributed by atoms with Crippen molar-refractivity contribution >= 4 is 34.5 Å². The van der Waals surface area contributed by atoms with Crippen LogP contribution in [0.3, 0.4) is 0 Å². The summed E-state index contributed by atoms with van der Waals surface area (Å²) in [4.78, 5) is 17.9. The van der Waals surface area contributed by atoms with E-state index in [2.05, 4.69) is 46.5 Å². The Labute approximate surface area is 212 Å². The number of ether oxygens (including phenoxy) is 1. The minimum Gasteiger partial charge on any atom is -0.507 e. The number of aryl methyl sites for hydroxylation is 1. The van der Waals surface area contributed by atoms with Crippen molar-refractivity contribution in [3.8, 4) is 5.75 Å². The van der Waals surface area contributed by atoms with E-state index in [0.717, 1.165) is 22.3 Å². The predicted molar refractivity (Wildman–Crippen MR) is 146 cm³/mol. The second-order valence-electron chi connectivity index (χ2n) is 10.8. The fourth-order valence-corrected chi connectivity index (χ4v) is 4.80. The number of carbonyl (C=O) groups is 1. The van der Waals surface area contributed by atoms with Crippen LogP contribution < -0.4 is 0 Å². The molecule has 0 fully saturated rings. The van der Waals surface area contributed by atoms with Crippen molar-refractivity contribution < 1.29 is 19.7 Å². The van der Waals surface area contributed by atoms with Gasteiger partial charge in [-0.05, 0) is 60.6 Å².